The van der Waals surface area contributed by atoms with E-state index in [9.17, 15) is 0 Å². The number of aromatic nitrogens is 2. The molecule has 0 radical (unpaired) electrons. The van der Waals surface area contributed by atoms with Crippen molar-refractivity contribution in [1.82, 2.24) is 14.9 Å². The van der Waals surface area contributed by atoms with E-state index in [-0.39, 0.29) is 5.54 Å². The van der Waals surface area contributed by atoms with E-state index in [0.717, 1.165) is 57.2 Å². The van der Waals surface area contributed by atoms with Crippen LogP contribution in [0.1, 0.15) is 38.3 Å². The maximum atomic E-state index is 5.87. The van der Waals surface area contributed by atoms with Crippen molar-refractivity contribution < 1.29 is 4.74 Å². The van der Waals surface area contributed by atoms with Gasteiger partial charge in [0.15, 0.2) is 0 Å². The first-order valence-corrected chi connectivity index (χ1v) is 8.41. The number of nitrogens with two attached hydrogens (primary N) is 2. The molecule has 2 aliphatic rings. The lowest BCUT2D eigenvalue weighted by atomic mass is 9.78. The molecule has 0 bridgehead atoms. The molecule has 1 aliphatic heterocycles. The van der Waals surface area contributed by atoms with Crippen LogP contribution in [-0.4, -0.2) is 59.3 Å². The highest BCUT2D eigenvalue weighted by Crippen LogP contribution is 2.35. The zero-order chi connectivity index (χ0) is 16.4. The molecule has 5 N–H and O–H groups in total. The van der Waals surface area contributed by atoms with Gasteiger partial charge in [0.05, 0.1) is 18.9 Å². The lowest BCUT2D eigenvalue weighted by Crippen LogP contribution is -2.53. The SMILES string of the molecule is CC(C)(CNc1cc(C2CC(N)C2)nc(N)n1)N1CCOCC1. The molecule has 128 valence electrons. The van der Waals surface area contributed by atoms with Crippen LogP contribution in [0.4, 0.5) is 11.8 Å². The van der Waals surface area contributed by atoms with Gasteiger partial charge in [-0.1, -0.05) is 0 Å². The van der Waals surface area contributed by atoms with Crippen molar-refractivity contribution in [1.29, 1.82) is 0 Å². The van der Waals surface area contributed by atoms with Crippen LogP contribution in [-0.2, 0) is 4.74 Å². The minimum absolute atomic E-state index is 0.0302. The quantitative estimate of drug-likeness (QED) is 0.737. The maximum absolute atomic E-state index is 5.87. The summed E-state index contributed by atoms with van der Waals surface area (Å²) in [5.74, 6) is 1.55. The van der Waals surface area contributed by atoms with E-state index in [2.05, 4.69) is 34.0 Å². The summed E-state index contributed by atoms with van der Waals surface area (Å²) in [6, 6.07) is 2.32. The highest BCUT2D eigenvalue weighted by molar-refractivity contribution is 5.42. The Hall–Kier alpha value is -1.44. The molecule has 2 heterocycles. The normalized spacial score (nSPS) is 25.9. The van der Waals surface area contributed by atoms with E-state index in [0.29, 0.717) is 17.9 Å². The largest absolute Gasteiger partial charge is 0.379 e. The Kier molecular flexibility index (Phi) is 4.70. The fourth-order valence-electron chi connectivity index (χ4n) is 3.28. The second-order valence-electron chi connectivity index (χ2n) is 7.23. The highest BCUT2D eigenvalue weighted by atomic mass is 16.5. The second kappa shape index (κ2) is 6.59. The van der Waals surface area contributed by atoms with E-state index in [1.807, 2.05) is 6.07 Å². The summed E-state index contributed by atoms with van der Waals surface area (Å²) in [5, 5.41) is 3.43. The molecule has 0 unspecified atom stereocenters. The lowest BCUT2D eigenvalue weighted by Gasteiger charge is -2.41. The van der Waals surface area contributed by atoms with Crippen LogP contribution in [0.3, 0.4) is 0 Å². The van der Waals surface area contributed by atoms with Crippen LogP contribution in [0.5, 0.6) is 0 Å². The molecule has 7 nitrogen and oxygen atoms in total. The van der Waals surface area contributed by atoms with Crippen LogP contribution in [0.15, 0.2) is 6.07 Å². The molecule has 2 fully saturated rings. The molecule has 23 heavy (non-hydrogen) atoms. The average molecular weight is 320 g/mol. The smallest absolute Gasteiger partial charge is 0.222 e. The number of nitrogen functional groups attached to an aromatic ring is 1. The van der Waals surface area contributed by atoms with Gasteiger partial charge in [-0.05, 0) is 26.7 Å². The minimum atomic E-state index is 0.0302. The van der Waals surface area contributed by atoms with Gasteiger partial charge >= 0.3 is 0 Å². The third-order valence-electron chi connectivity index (χ3n) is 4.93. The third kappa shape index (κ3) is 3.91. The molecular weight excluding hydrogens is 292 g/mol. The summed E-state index contributed by atoms with van der Waals surface area (Å²) in [4.78, 5) is 11.1. The molecule has 3 rings (SSSR count). The molecule has 1 aromatic heterocycles. The second-order valence-corrected chi connectivity index (χ2v) is 7.23. The number of hydrogen-bond acceptors (Lipinski definition) is 7. The Bertz CT molecular complexity index is 537. The predicted molar refractivity (Wildman–Crippen MR) is 91.4 cm³/mol. The van der Waals surface area contributed by atoms with E-state index < -0.39 is 0 Å². The van der Waals surface area contributed by atoms with E-state index in [1.54, 1.807) is 0 Å². The molecule has 1 aliphatic carbocycles. The van der Waals surface area contributed by atoms with Crippen LogP contribution < -0.4 is 16.8 Å². The molecule has 1 saturated carbocycles. The van der Waals surface area contributed by atoms with E-state index in [4.69, 9.17) is 16.2 Å². The van der Waals surface area contributed by atoms with Crippen LogP contribution in [0.2, 0.25) is 0 Å². The topological polar surface area (TPSA) is 102 Å². The lowest BCUT2D eigenvalue weighted by molar-refractivity contribution is -0.00570. The van der Waals surface area contributed by atoms with Crippen molar-refractivity contribution in [3.05, 3.63) is 11.8 Å². The highest BCUT2D eigenvalue weighted by Gasteiger charge is 2.30. The fraction of sp³-hybridized carbons (Fsp3) is 0.750. The summed E-state index contributed by atoms with van der Waals surface area (Å²) in [5.41, 5.74) is 12.8. The zero-order valence-corrected chi connectivity index (χ0v) is 14.1. The average Bonchev–Trinajstić information content (AvgIpc) is 2.50. The van der Waals surface area contributed by atoms with Gasteiger partial charge in [-0.2, -0.15) is 4.98 Å². The summed E-state index contributed by atoms with van der Waals surface area (Å²) >= 11 is 0. The molecule has 0 aromatic carbocycles. The summed E-state index contributed by atoms with van der Waals surface area (Å²) in [6.45, 7) is 8.81. The van der Waals surface area contributed by atoms with Gasteiger partial charge in [0.25, 0.3) is 0 Å². The third-order valence-corrected chi connectivity index (χ3v) is 4.93. The van der Waals surface area contributed by atoms with E-state index in [1.165, 1.54) is 0 Å². The molecule has 0 spiro atoms. The Balaban J connectivity index is 1.63. The van der Waals surface area contributed by atoms with Crippen molar-refractivity contribution in [3.63, 3.8) is 0 Å². The molecule has 0 atom stereocenters. The van der Waals surface area contributed by atoms with Gasteiger partial charge < -0.3 is 21.5 Å². The molecule has 0 amide bonds. The van der Waals surface area contributed by atoms with Crippen molar-refractivity contribution in [2.24, 2.45) is 5.73 Å². The number of morpholine rings is 1. The summed E-state index contributed by atoms with van der Waals surface area (Å²) in [7, 11) is 0. The standard InChI is InChI=1S/C16H28N6O/c1-16(2,22-3-5-23-6-4-22)10-19-14-9-13(20-15(18)21-14)11-7-12(17)8-11/h9,11-12H,3-8,10,17H2,1-2H3,(H3,18,19,20,21). The Morgan fingerprint density at radius 1 is 1.30 bits per heavy atom. The monoisotopic (exact) mass is 320 g/mol. The Labute approximate surface area is 137 Å². The zero-order valence-electron chi connectivity index (χ0n) is 14.1. The fourth-order valence-corrected chi connectivity index (χ4v) is 3.28. The first-order valence-electron chi connectivity index (χ1n) is 8.41. The maximum Gasteiger partial charge on any atom is 0.222 e. The summed E-state index contributed by atoms with van der Waals surface area (Å²) < 4.78 is 5.43. The predicted octanol–water partition coefficient (Wildman–Crippen LogP) is 0.786. The summed E-state index contributed by atoms with van der Waals surface area (Å²) in [6.07, 6.45) is 1.96. The number of rotatable bonds is 5. The number of hydrogen-bond donors (Lipinski definition) is 3. The number of anilines is 2. The van der Waals surface area contributed by atoms with E-state index >= 15 is 0 Å². The number of nitrogens with zero attached hydrogens (tertiary/aromatic N) is 3. The van der Waals surface area contributed by atoms with Crippen molar-refractivity contribution in [2.45, 2.75) is 44.2 Å². The van der Waals surface area contributed by atoms with Crippen molar-refractivity contribution in [2.75, 3.05) is 43.9 Å². The first kappa shape index (κ1) is 16.4. The van der Waals surface area contributed by atoms with Crippen molar-refractivity contribution >= 4 is 11.8 Å². The Morgan fingerprint density at radius 3 is 2.65 bits per heavy atom. The van der Waals surface area contributed by atoms with Crippen LogP contribution in [0.25, 0.3) is 0 Å². The molecular formula is C16H28N6O. The first-order chi connectivity index (χ1) is 10.9. The number of nitrogens with one attached hydrogen (secondary N) is 1. The van der Waals surface area contributed by atoms with Gasteiger partial charge in [-0.3, -0.25) is 4.90 Å². The minimum Gasteiger partial charge on any atom is -0.379 e. The molecule has 1 saturated heterocycles. The molecule has 1 aromatic rings. The van der Waals surface area contributed by atoms with Crippen molar-refractivity contribution in [3.8, 4) is 0 Å². The van der Waals surface area contributed by atoms with Gasteiger partial charge in [-0.15, -0.1) is 0 Å². The Morgan fingerprint density at radius 2 is 2.00 bits per heavy atom. The van der Waals surface area contributed by atoms with Gasteiger partial charge in [-0.25, -0.2) is 4.98 Å². The van der Waals surface area contributed by atoms with Gasteiger partial charge in [0.2, 0.25) is 5.95 Å². The van der Waals surface area contributed by atoms with Gasteiger partial charge in [0, 0.05) is 43.2 Å². The molecule has 7 heteroatoms. The number of ether oxygens (including phenoxy) is 1. The van der Waals surface area contributed by atoms with Crippen LogP contribution >= 0.6 is 0 Å². The van der Waals surface area contributed by atoms with Gasteiger partial charge in [0.1, 0.15) is 5.82 Å². The van der Waals surface area contributed by atoms with Crippen LogP contribution in [0, 0.1) is 0 Å².